The molecule has 4 rings (SSSR count). The number of hydrogen-bond acceptors (Lipinski definition) is 8. The van der Waals surface area contributed by atoms with Crippen LogP contribution in [0.4, 0.5) is 8.78 Å². The predicted octanol–water partition coefficient (Wildman–Crippen LogP) is 5.05. The van der Waals surface area contributed by atoms with Crippen molar-refractivity contribution < 1.29 is 32.6 Å². The molecule has 0 unspecified atom stereocenters. The van der Waals surface area contributed by atoms with E-state index in [0.717, 1.165) is 41.9 Å². The summed E-state index contributed by atoms with van der Waals surface area (Å²) in [5, 5.41) is 3.55. The number of amides is 1. The third-order valence-corrected chi connectivity index (χ3v) is 8.46. The first kappa shape index (κ1) is 30.6. The number of carbonyl (C=O) groups excluding carboxylic acids is 2. The molecule has 0 aliphatic heterocycles. The van der Waals surface area contributed by atoms with E-state index in [9.17, 15) is 18.4 Å². The van der Waals surface area contributed by atoms with Gasteiger partial charge in [-0.3, -0.25) is 9.59 Å². The largest absolute Gasteiger partial charge is 0.493 e. The Balaban J connectivity index is 1.43. The lowest BCUT2D eigenvalue weighted by molar-refractivity contribution is -0.148. The zero-order chi connectivity index (χ0) is 29.6. The lowest BCUT2D eigenvalue weighted by atomic mass is 9.80. The van der Waals surface area contributed by atoms with Gasteiger partial charge < -0.3 is 24.4 Å². The van der Waals surface area contributed by atoms with Crippen LogP contribution in [0.2, 0.25) is 0 Å². The molecule has 222 valence electrons. The van der Waals surface area contributed by atoms with E-state index in [1.165, 1.54) is 31.3 Å². The summed E-state index contributed by atoms with van der Waals surface area (Å²) in [6, 6.07) is 5.91. The van der Waals surface area contributed by atoms with Gasteiger partial charge in [0.1, 0.15) is 5.01 Å². The first-order valence-electron chi connectivity index (χ1n) is 13.8. The van der Waals surface area contributed by atoms with Gasteiger partial charge in [0, 0.05) is 18.7 Å². The summed E-state index contributed by atoms with van der Waals surface area (Å²) in [6.07, 6.45) is 3.22. The van der Waals surface area contributed by atoms with Gasteiger partial charge in [0.25, 0.3) is 0 Å². The number of benzene rings is 2. The molecule has 1 aliphatic carbocycles. The van der Waals surface area contributed by atoms with Crippen LogP contribution < -0.4 is 14.8 Å². The van der Waals surface area contributed by atoms with E-state index in [1.807, 2.05) is 12.1 Å². The molecule has 1 heterocycles. The summed E-state index contributed by atoms with van der Waals surface area (Å²) in [6.45, 7) is 4.86. The second-order valence-corrected chi connectivity index (χ2v) is 11.7. The standard InChI is InChI=1S/C30H37F2N3O5S/c1-5-6-8-35(2)9-7-10-40-25-13-23-26(14-24(25)38-3)41-27(34-23)18-33-29(37)30(17-28(36)39-4)15-19-11-21(31)22(32)12-20(19)16-30/h11-14H,5-10,15-18H2,1-4H3,(H,33,37). The molecular weight excluding hydrogens is 552 g/mol. The monoisotopic (exact) mass is 589 g/mol. The molecule has 41 heavy (non-hydrogen) atoms. The Morgan fingerprint density at radius 1 is 1.05 bits per heavy atom. The normalized spacial score (nSPS) is 13.8. The van der Waals surface area contributed by atoms with Crippen molar-refractivity contribution >= 4 is 33.4 Å². The van der Waals surface area contributed by atoms with Crippen LogP contribution in [0.5, 0.6) is 11.5 Å². The smallest absolute Gasteiger partial charge is 0.306 e. The number of thiazole rings is 1. The fraction of sp³-hybridized carbons (Fsp3) is 0.500. The molecule has 1 amide bonds. The molecule has 1 aromatic heterocycles. The Kier molecular flexibility index (Phi) is 10.1. The minimum absolute atomic E-state index is 0.104. The highest BCUT2D eigenvalue weighted by molar-refractivity contribution is 7.18. The minimum Gasteiger partial charge on any atom is -0.493 e. The highest BCUT2D eigenvalue weighted by Crippen LogP contribution is 2.41. The molecule has 2 aromatic carbocycles. The van der Waals surface area contributed by atoms with Crippen molar-refractivity contribution in [2.24, 2.45) is 5.41 Å². The summed E-state index contributed by atoms with van der Waals surface area (Å²) in [5.41, 5.74) is 0.533. The van der Waals surface area contributed by atoms with E-state index in [4.69, 9.17) is 14.2 Å². The SMILES string of the molecule is CCCCN(C)CCCOc1cc2nc(CNC(=O)C3(CC(=O)OC)Cc4cc(F)c(F)cc4C3)sc2cc1OC. The summed E-state index contributed by atoms with van der Waals surface area (Å²) < 4.78 is 45.0. The second kappa shape index (κ2) is 13.6. The zero-order valence-corrected chi connectivity index (χ0v) is 24.8. The number of unbranched alkanes of at least 4 members (excludes halogenated alkanes) is 1. The Morgan fingerprint density at radius 3 is 2.37 bits per heavy atom. The van der Waals surface area contributed by atoms with Gasteiger partial charge in [0.05, 0.1) is 49.4 Å². The van der Waals surface area contributed by atoms with Crippen LogP contribution in [0, 0.1) is 17.0 Å². The fourth-order valence-electron chi connectivity index (χ4n) is 5.20. The maximum atomic E-state index is 13.9. The molecule has 1 aliphatic rings. The first-order valence-corrected chi connectivity index (χ1v) is 14.6. The molecule has 1 N–H and O–H groups in total. The summed E-state index contributed by atoms with van der Waals surface area (Å²) >= 11 is 1.41. The highest BCUT2D eigenvalue weighted by Gasteiger charge is 2.46. The Bertz CT molecular complexity index is 1370. The van der Waals surface area contributed by atoms with Crippen LogP contribution in [0.25, 0.3) is 10.2 Å². The minimum atomic E-state index is -1.21. The number of carbonyl (C=O) groups is 2. The van der Waals surface area contributed by atoms with Crippen LogP contribution in [-0.4, -0.2) is 62.7 Å². The molecule has 0 spiro atoms. The zero-order valence-electron chi connectivity index (χ0n) is 24.0. The summed E-state index contributed by atoms with van der Waals surface area (Å²) in [4.78, 5) is 32.7. The Morgan fingerprint density at radius 2 is 1.73 bits per heavy atom. The van der Waals surface area contributed by atoms with E-state index >= 15 is 0 Å². The molecule has 0 saturated carbocycles. The quantitative estimate of drug-likeness (QED) is 0.208. The Hall–Kier alpha value is -3.31. The van der Waals surface area contributed by atoms with Crippen LogP contribution in [0.3, 0.4) is 0 Å². The van der Waals surface area contributed by atoms with E-state index in [2.05, 4.69) is 29.2 Å². The number of ether oxygens (including phenoxy) is 3. The second-order valence-electron chi connectivity index (χ2n) is 10.5. The number of methoxy groups -OCH3 is 2. The van der Waals surface area contributed by atoms with E-state index in [-0.39, 0.29) is 25.8 Å². The number of hydrogen-bond donors (Lipinski definition) is 1. The lowest BCUT2D eigenvalue weighted by Crippen LogP contribution is -2.43. The molecule has 3 aromatic rings. The number of aromatic nitrogens is 1. The molecule has 0 fully saturated rings. The number of fused-ring (bicyclic) bond motifs is 2. The van der Waals surface area contributed by atoms with Gasteiger partial charge in [-0.2, -0.15) is 0 Å². The molecule has 0 saturated heterocycles. The molecule has 0 radical (unpaired) electrons. The van der Waals surface area contributed by atoms with Crippen molar-refractivity contribution in [3.8, 4) is 11.5 Å². The van der Waals surface area contributed by atoms with E-state index in [0.29, 0.717) is 34.2 Å². The van der Waals surface area contributed by atoms with Crippen molar-refractivity contribution in [3.63, 3.8) is 0 Å². The fourth-order valence-corrected chi connectivity index (χ4v) is 6.11. The van der Waals surface area contributed by atoms with Crippen molar-refractivity contribution in [1.82, 2.24) is 15.2 Å². The number of nitrogens with zero attached hydrogens (tertiary/aromatic N) is 2. The van der Waals surface area contributed by atoms with Gasteiger partial charge in [-0.05, 0) is 62.5 Å². The predicted molar refractivity (Wildman–Crippen MR) is 153 cm³/mol. The van der Waals surface area contributed by atoms with Gasteiger partial charge in [-0.15, -0.1) is 11.3 Å². The third kappa shape index (κ3) is 7.32. The molecular formula is C30H37F2N3O5S. The average Bonchev–Trinajstić information content (AvgIpc) is 3.52. The molecule has 8 nitrogen and oxygen atoms in total. The third-order valence-electron chi connectivity index (χ3n) is 7.45. The van der Waals surface area contributed by atoms with E-state index in [1.54, 1.807) is 7.11 Å². The number of halogens is 2. The van der Waals surface area contributed by atoms with Gasteiger partial charge in [0.2, 0.25) is 5.91 Å². The lowest BCUT2D eigenvalue weighted by Gasteiger charge is -2.26. The number of rotatable bonds is 14. The van der Waals surface area contributed by atoms with Crippen molar-refractivity contribution in [2.75, 3.05) is 41.0 Å². The Labute approximate surface area is 243 Å². The number of esters is 1. The molecule has 0 bridgehead atoms. The van der Waals surface area contributed by atoms with Gasteiger partial charge >= 0.3 is 5.97 Å². The van der Waals surface area contributed by atoms with E-state index < -0.39 is 28.9 Å². The highest BCUT2D eigenvalue weighted by atomic mass is 32.1. The van der Waals surface area contributed by atoms with Gasteiger partial charge in [-0.1, -0.05) is 13.3 Å². The van der Waals surface area contributed by atoms with Crippen LogP contribution >= 0.6 is 11.3 Å². The summed E-state index contributed by atoms with van der Waals surface area (Å²) in [5.74, 6) is -1.71. The number of nitrogens with one attached hydrogen (secondary N) is 1. The van der Waals surface area contributed by atoms with Crippen molar-refractivity contribution in [3.05, 3.63) is 52.0 Å². The van der Waals surface area contributed by atoms with Crippen LogP contribution in [-0.2, 0) is 33.7 Å². The van der Waals surface area contributed by atoms with Gasteiger partial charge in [0.15, 0.2) is 23.1 Å². The molecule has 0 atom stereocenters. The van der Waals surface area contributed by atoms with Crippen LogP contribution in [0.15, 0.2) is 24.3 Å². The summed E-state index contributed by atoms with van der Waals surface area (Å²) in [7, 11) is 4.95. The maximum absolute atomic E-state index is 13.9. The van der Waals surface area contributed by atoms with Gasteiger partial charge in [-0.25, -0.2) is 13.8 Å². The maximum Gasteiger partial charge on any atom is 0.306 e. The van der Waals surface area contributed by atoms with Crippen LogP contribution in [0.1, 0.15) is 48.7 Å². The van der Waals surface area contributed by atoms with Crippen molar-refractivity contribution in [2.45, 2.75) is 52.0 Å². The topological polar surface area (TPSA) is 90.0 Å². The van der Waals surface area contributed by atoms with Crippen molar-refractivity contribution in [1.29, 1.82) is 0 Å². The molecule has 11 heteroatoms. The first-order chi connectivity index (χ1) is 19.7. The average molecular weight is 590 g/mol.